The fraction of sp³-hybridized carbons (Fsp3) is 0.100. The SMILES string of the molecule is COc1ccc(C(C#N)=Cc2ccnc3ccccc23)c(OC)c1. The van der Waals surface area contributed by atoms with Crippen molar-refractivity contribution in [2.24, 2.45) is 0 Å². The van der Waals surface area contributed by atoms with Crippen molar-refractivity contribution in [1.82, 2.24) is 4.98 Å². The van der Waals surface area contributed by atoms with Crippen LogP contribution in [0.1, 0.15) is 11.1 Å². The van der Waals surface area contributed by atoms with Gasteiger partial charge in [0.25, 0.3) is 0 Å². The van der Waals surface area contributed by atoms with Gasteiger partial charge in [-0.2, -0.15) is 5.26 Å². The molecular formula is C20H16N2O2. The summed E-state index contributed by atoms with van der Waals surface area (Å²) in [5.41, 5.74) is 3.08. The molecule has 0 fully saturated rings. The van der Waals surface area contributed by atoms with Gasteiger partial charge in [0.2, 0.25) is 0 Å². The average Bonchev–Trinajstić information content (AvgIpc) is 2.65. The van der Waals surface area contributed by atoms with Crippen molar-refractivity contribution in [3.8, 4) is 17.6 Å². The van der Waals surface area contributed by atoms with Crippen LogP contribution in [0.5, 0.6) is 11.5 Å². The maximum atomic E-state index is 9.64. The van der Waals surface area contributed by atoms with Crippen LogP contribution < -0.4 is 9.47 Å². The molecule has 0 atom stereocenters. The van der Waals surface area contributed by atoms with Gasteiger partial charge >= 0.3 is 0 Å². The van der Waals surface area contributed by atoms with E-state index in [0.717, 1.165) is 22.0 Å². The van der Waals surface area contributed by atoms with Crippen LogP contribution in [0.4, 0.5) is 0 Å². The van der Waals surface area contributed by atoms with Gasteiger partial charge in [0.15, 0.2) is 0 Å². The summed E-state index contributed by atoms with van der Waals surface area (Å²) in [5.74, 6) is 1.28. The van der Waals surface area contributed by atoms with Crippen LogP contribution in [0.25, 0.3) is 22.6 Å². The minimum absolute atomic E-state index is 0.519. The number of rotatable bonds is 4. The highest BCUT2D eigenvalue weighted by molar-refractivity contribution is 5.98. The Labute approximate surface area is 140 Å². The number of para-hydroxylation sites is 1. The first-order chi connectivity index (χ1) is 11.8. The molecule has 0 aliphatic carbocycles. The molecule has 1 aromatic heterocycles. The zero-order valence-corrected chi connectivity index (χ0v) is 13.5. The second-order valence-electron chi connectivity index (χ2n) is 5.15. The van der Waals surface area contributed by atoms with Gasteiger partial charge in [-0.1, -0.05) is 18.2 Å². The van der Waals surface area contributed by atoms with Crippen LogP contribution in [-0.2, 0) is 0 Å². The Morgan fingerprint density at radius 3 is 2.67 bits per heavy atom. The molecular weight excluding hydrogens is 300 g/mol. The third-order valence-electron chi connectivity index (χ3n) is 3.80. The van der Waals surface area contributed by atoms with Crippen molar-refractivity contribution in [3.63, 3.8) is 0 Å². The number of ether oxygens (including phenoxy) is 2. The lowest BCUT2D eigenvalue weighted by molar-refractivity contribution is 0.393. The van der Waals surface area contributed by atoms with Gasteiger partial charge in [-0.15, -0.1) is 0 Å². The number of nitriles is 1. The fourth-order valence-corrected chi connectivity index (χ4v) is 2.59. The monoisotopic (exact) mass is 316 g/mol. The largest absolute Gasteiger partial charge is 0.497 e. The summed E-state index contributed by atoms with van der Waals surface area (Å²) in [4.78, 5) is 4.35. The summed E-state index contributed by atoms with van der Waals surface area (Å²) in [6, 6.07) is 17.4. The molecule has 24 heavy (non-hydrogen) atoms. The van der Waals surface area contributed by atoms with E-state index in [-0.39, 0.29) is 0 Å². The Bertz CT molecular complexity index is 950. The first kappa shape index (κ1) is 15.6. The maximum absolute atomic E-state index is 9.64. The Morgan fingerprint density at radius 2 is 1.92 bits per heavy atom. The van der Waals surface area contributed by atoms with Crippen molar-refractivity contribution in [3.05, 3.63) is 65.9 Å². The summed E-state index contributed by atoms with van der Waals surface area (Å²) in [6.07, 6.45) is 3.60. The van der Waals surface area contributed by atoms with Gasteiger partial charge in [-0.05, 0) is 35.9 Å². The van der Waals surface area contributed by atoms with E-state index in [2.05, 4.69) is 11.1 Å². The quantitative estimate of drug-likeness (QED) is 0.673. The van der Waals surface area contributed by atoms with Crippen molar-refractivity contribution in [2.75, 3.05) is 14.2 Å². The average molecular weight is 316 g/mol. The molecule has 0 aliphatic heterocycles. The predicted octanol–water partition coefficient (Wildman–Crippen LogP) is 4.32. The predicted molar refractivity (Wildman–Crippen MR) is 94.8 cm³/mol. The van der Waals surface area contributed by atoms with Crippen LogP contribution in [0.2, 0.25) is 0 Å². The maximum Gasteiger partial charge on any atom is 0.131 e. The Hall–Kier alpha value is -3.32. The number of fused-ring (bicyclic) bond motifs is 1. The minimum atomic E-state index is 0.519. The topological polar surface area (TPSA) is 55.1 Å². The van der Waals surface area contributed by atoms with E-state index in [9.17, 15) is 5.26 Å². The van der Waals surface area contributed by atoms with E-state index in [1.165, 1.54) is 0 Å². The number of nitrogens with zero attached hydrogens (tertiary/aromatic N) is 2. The van der Waals surface area contributed by atoms with E-state index >= 15 is 0 Å². The normalized spacial score (nSPS) is 11.1. The third-order valence-corrected chi connectivity index (χ3v) is 3.80. The highest BCUT2D eigenvalue weighted by atomic mass is 16.5. The number of methoxy groups -OCH3 is 2. The first-order valence-corrected chi connectivity index (χ1v) is 7.44. The van der Waals surface area contributed by atoms with Crippen molar-refractivity contribution < 1.29 is 9.47 Å². The van der Waals surface area contributed by atoms with E-state index in [1.54, 1.807) is 26.5 Å². The first-order valence-electron chi connectivity index (χ1n) is 7.44. The van der Waals surface area contributed by atoms with Gasteiger partial charge < -0.3 is 9.47 Å². The molecule has 0 saturated heterocycles. The molecule has 0 radical (unpaired) electrons. The van der Waals surface area contributed by atoms with Crippen LogP contribution in [0, 0.1) is 11.3 Å². The lowest BCUT2D eigenvalue weighted by atomic mass is 10.0. The molecule has 2 aromatic carbocycles. The van der Waals surface area contributed by atoms with Crippen molar-refractivity contribution >= 4 is 22.6 Å². The van der Waals surface area contributed by atoms with Crippen LogP contribution in [-0.4, -0.2) is 19.2 Å². The summed E-state index contributed by atoms with van der Waals surface area (Å²) >= 11 is 0. The molecule has 0 aliphatic rings. The van der Waals surface area contributed by atoms with Gasteiger partial charge in [0, 0.05) is 23.2 Å². The van der Waals surface area contributed by atoms with Crippen molar-refractivity contribution in [1.29, 1.82) is 5.26 Å². The Kier molecular flexibility index (Phi) is 4.44. The van der Waals surface area contributed by atoms with E-state index in [4.69, 9.17) is 9.47 Å². The van der Waals surface area contributed by atoms with E-state index in [0.29, 0.717) is 17.1 Å². The summed E-state index contributed by atoms with van der Waals surface area (Å²) < 4.78 is 10.6. The van der Waals surface area contributed by atoms with E-state index < -0.39 is 0 Å². The number of hydrogen-bond acceptors (Lipinski definition) is 4. The molecule has 3 rings (SSSR count). The zero-order chi connectivity index (χ0) is 16.9. The molecule has 0 amide bonds. The van der Waals surface area contributed by atoms with Crippen LogP contribution in [0.3, 0.4) is 0 Å². The fourth-order valence-electron chi connectivity index (χ4n) is 2.59. The molecule has 0 bridgehead atoms. The zero-order valence-electron chi connectivity index (χ0n) is 13.5. The number of pyridine rings is 1. The number of allylic oxidation sites excluding steroid dienone is 1. The Morgan fingerprint density at radius 1 is 1.08 bits per heavy atom. The Balaban J connectivity index is 2.15. The van der Waals surface area contributed by atoms with Gasteiger partial charge in [-0.25, -0.2) is 0 Å². The van der Waals surface area contributed by atoms with E-state index in [1.807, 2.05) is 48.5 Å². The number of benzene rings is 2. The standard InChI is InChI=1S/C20H16N2O2/c1-23-16-7-8-18(20(12-16)24-2)15(13-21)11-14-9-10-22-19-6-4-3-5-17(14)19/h3-12H,1-2H3. The highest BCUT2D eigenvalue weighted by Gasteiger charge is 2.11. The second kappa shape index (κ2) is 6.84. The van der Waals surface area contributed by atoms with Crippen LogP contribution in [0.15, 0.2) is 54.7 Å². The van der Waals surface area contributed by atoms with Gasteiger partial charge in [0.05, 0.1) is 31.4 Å². The van der Waals surface area contributed by atoms with Gasteiger partial charge in [-0.3, -0.25) is 4.98 Å². The number of hydrogen-bond donors (Lipinski definition) is 0. The molecule has 1 heterocycles. The molecule has 3 aromatic rings. The lowest BCUT2D eigenvalue weighted by Crippen LogP contribution is -1.93. The van der Waals surface area contributed by atoms with Gasteiger partial charge in [0.1, 0.15) is 11.5 Å². The number of aromatic nitrogens is 1. The molecule has 0 N–H and O–H groups in total. The minimum Gasteiger partial charge on any atom is -0.497 e. The summed E-state index contributed by atoms with van der Waals surface area (Å²) in [6.45, 7) is 0. The highest BCUT2D eigenvalue weighted by Crippen LogP contribution is 2.31. The summed E-state index contributed by atoms with van der Waals surface area (Å²) in [5, 5.41) is 10.6. The molecule has 0 spiro atoms. The molecule has 118 valence electrons. The second-order valence-corrected chi connectivity index (χ2v) is 5.15. The molecule has 4 heteroatoms. The molecule has 0 unspecified atom stereocenters. The smallest absolute Gasteiger partial charge is 0.131 e. The van der Waals surface area contributed by atoms with Crippen LogP contribution >= 0.6 is 0 Å². The summed E-state index contributed by atoms with van der Waals surface area (Å²) in [7, 11) is 3.17. The third kappa shape index (κ3) is 2.92. The lowest BCUT2D eigenvalue weighted by Gasteiger charge is -2.10. The molecule has 4 nitrogen and oxygen atoms in total. The molecule has 0 saturated carbocycles. The van der Waals surface area contributed by atoms with Crippen molar-refractivity contribution in [2.45, 2.75) is 0 Å².